The van der Waals surface area contributed by atoms with Gasteiger partial charge in [-0.15, -0.1) is 0 Å². The number of H-pyrrole nitrogens is 1. The molecular formula is C25H26N8O3. The quantitative estimate of drug-likeness (QED) is 0.363. The second-order valence-electron chi connectivity index (χ2n) is 9.52. The Balaban J connectivity index is 1.42. The number of nitrogen functional groups attached to an aromatic ring is 1. The van der Waals surface area contributed by atoms with E-state index in [9.17, 15) is 14.7 Å². The van der Waals surface area contributed by atoms with Crippen LogP contribution in [0.25, 0.3) is 28.2 Å². The second-order valence-corrected chi connectivity index (χ2v) is 9.52. The summed E-state index contributed by atoms with van der Waals surface area (Å²) in [5.74, 6) is -0.169. The molecule has 0 aromatic carbocycles. The van der Waals surface area contributed by atoms with Crippen molar-refractivity contribution in [2.45, 2.75) is 50.6 Å². The average molecular weight is 487 g/mol. The molecule has 2 aliphatic rings. The molecule has 2 aliphatic heterocycles. The van der Waals surface area contributed by atoms with Crippen molar-refractivity contribution < 1.29 is 14.7 Å². The molecule has 184 valence electrons. The first-order valence-electron chi connectivity index (χ1n) is 12.0. The van der Waals surface area contributed by atoms with E-state index in [1.165, 1.54) is 11.4 Å². The van der Waals surface area contributed by atoms with E-state index in [0.717, 1.165) is 35.4 Å². The Morgan fingerprint density at radius 3 is 2.56 bits per heavy atom. The third kappa shape index (κ3) is 3.46. The molecule has 2 bridgehead atoms. The van der Waals surface area contributed by atoms with Crippen LogP contribution in [-0.4, -0.2) is 69.9 Å². The number of aromatic amines is 1. The lowest BCUT2D eigenvalue weighted by molar-refractivity contribution is -0.138. The van der Waals surface area contributed by atoms with E-state index < -0.39 is 6.61 Å². The van der Waals surface area contributed by atoms with Crippen molar-refractivity contribution in [3.8, 4) is 22.5 Å². The summed E-state index contributed by atoms with van der Waals surface area (Å²) in [6.45, 7) is 1.00. The zero-order valence-electron chi connectivity index (χ0n) is 19.8. The minimum Gasteiger partial charge on any atom is -0.387 e. The molecule has 6 rings (SSSR count). The van der Waals surface area contributed by atoms with Gasteiger partial charge in [0.25, 0.3) is 0 Å². The lowest BCUT2D eigenvalue weighted by Crippen LogP contribution is -2.47. The van der Waals surface area contributed by atoms with Gasteiger partial charge in [-0.2, -0.15) is 9.61 Å². The van der Waals surface area contributed by atoms with Crippen molar-refractivity contribution in [3.05, 3.63) is 48.3 Å². The Labute approximate surface area is 206 Å². The average Bonchev–Trinajstić information content (AvgIpc) is 3.62. The van der Waals surface area contributed by atoms with Crippen LogP contribution in [-0.2, 0) is 4.79 Å². The SMILES string of the molecule is CC(=O)c1c(C2CC3CC[C@@H](C2)N3C(=O)CO)nc2c(-c3ccc(-c4cnc[nH]4)nc3)cnn2c1N. The molecule has 1 amide bonds. The van der Waals surface area contributed by atoms with Crippen molar-refractivity contribution in [2.24, 2.45) is 0 Å². The zero-order chi connectivity index (χ0) is 25.0. The summed E-state index contributed by atoms with van der Waals surface area (Å²) in [5.41, 5.74) is 11.3. The van der Waals surface area contributed by atoms with Crippen molar-refractivity contribution >= 4 is 23.2 Å². The van der Waals surface area contributed by atoms with Gasteiger partial charge in [-0.05, 0) is 38.7 Å². The largest absolute Gasteiger partial charge is 0.387 e. The van der Waals surface area contributed by atoms with Crippen LogP contribution in [0.15, 0.2) is 37.1 Å². The normalized spacial score (nSPS) is 21.3. The fourth-order valence-electron chi connectivity index (χ4n) is 5.89. The highest BCUT2D eigenvalue weighted by Crippen LogP contribution is 2.44. The van der Waals surface area contributed by atoms with Gasteiger partial charge in [0.2, 0.25) is 5.91 Å². The number of piperidine rings is 1. The molecule has 0 aliphatic carbocycles. The minimum atomic E-state index is -0.486. The first-order valence-corrected chi connectivity index (χ1v) is 12.0. The molecule has 4 aromatic rings. The van der Waals surface area contributed by atoms with Crippen LogP contribution in [0.1, 0.15) is 54.6 Å². The van der Waals surface area contributed by atoms with Gasteiger partial charge in [0, 0.05) is 35.3 Å². The number of nitrogens with two attached hydrogens (primary N) is 1. The predicted molar refractivity (Wildman–Crippen MR) is 131 cm³/mol. The van der Waals surface area contributed by atoms with E-state index in [4.69, 9.17) is 10.7 Å². The van der Waals surface area contributed by atoms with Crippen LogP contribution in [0, 0.1) is 0 Å². The second kappa shape index (κ2) is 8.52. The molecule has 11 heteroatoms. The van der Waals surface area contributed by atoms with Crippen molar-refractivity contribution in [3.63, 3.8) is 0 Å². The smallest absolute Gasteiger partial charge is 0.248 e. The number of pyridine rings is 1. The number of carbonyl (C=O) groups excluding carboxylic acids is 2. The third-order valence-electron chi connectivity index (χ3n) is 7.45. The third-order valence-corrected chi connectivity index (χ3v) is 7.45. The number of hydrogen-bond donors (Lipinski definition) is 3. The molecule has 11 nitrogen and oxygen atoms in total. The molecule has 2 saturated heterocycles. The highest BCUT2D eigenvalue weighted by atomic mass is 16.3. The molecule has 6 heterocycles. The number of rotatable bonds is 5. The lowest BCUT2D eigenvalue weighted by atomic mass is 9.85. The fourth-order valence-corrected chi connectivity index (χ4v) is 5.89. The molecule has 2 unspecified atom stereocenters. The van der Waals surface area contributed by atoms with Crippen LogP contribution >= 0.6 is 0 Å². The Morgan fingerprint density at radius 2 is 1.94 bits per heavy atom. The first kappa shape index (κ1) is 22.4. The predicted octanol–water partition coefficient (Wildman–Crippen LogP) is 2.20. The number of nitrogens with zero attached hydrogens (tertiary/aromatic N) is 6. The van der Waals surface area contributed by atoms with E-state index in [0.29, 0.717) is 29.7 Å². The van der Waals surface area contributed by atoms with Crippen LogP contribution in [0.4, 0.5) is 5.82 Å². The van der Waals surface area contributed by atoms with Gasteiger partial charge in [-0.1, -0.05) is 6.07 Å². The fraction of sp³-hybridized carbons (Fsp3) is 0.360. The van der Waals surface area contributed by atoms with E-state index >= 15 is 0 Å². The minimum absolute atomic E-state index is 0.0241. The number of aliphatic hydroxyl groups is 1. The molecular weight excluding hydrogens is 460 g/mol. The number of ketones is 1. The molecule has 0 saturated carbocycles. The van der Waals surface area contributed by atoms with Gasteiger partial charge in [-0.3, -0.25) is 14.6 Å². The van der Waals surface area contributed by atoms with Gasteiger partial charge in [0.05, 0.1) is 41.4 Å². The maximum absolute atomic E-state index is 12.7. The van der Waals surface area contributed by atoms with E-state index in [1.807, 2.05) is 17.0 Å². The first-order chi connectivity index (χ1) is 17.5. The number of aromatic nitrogens is 6. The number of Topliss-reactive ketones (excluding diaryl/α,β-unsaturated/α-hetero) is 1. The summed E-state index contributed by atoms with van der Waals surface area (Å²) >= 11 is 0. The summed E-state index contributed by atoms with van der Waals surface area (Å²) < 4.78 is 1.51. The Bertz CT molecular complexity index is 1450. The van der Waals surface area contributed by atoms with Crippen LogP contribution < -0.4 is 5.73 Å². The maximum Gasteiger partial charge on any atom is 0.248 e. The van der Waals surface area contributed by atoms with Crippen molar-refractivity contribution in [2.75, 3.05) is 12.3 Å². The monoisotopic (exact) mass is 486 g/mol. The Morgan fingerprint density at radius 1 is 1.17 bits per heavy atom. The number of anilines is 1. The summed E-state index contributed by atoms with van der Waals surface area (Å²) in [6.07, 6.45) is 9.87. The summed E-state index contributed by atoms with van der Waals surface area (Å²) in [5, 5.41) is 13.8. The molecule has 0 radical (unpaired) electrons. The number of amides is 1. The number of carbonyl (C=O) groups is 2. The van der Waals surface area contributed by atoms with Gasteiger partial charge in [-0.25, -0.2) is 9.97 Å². The molecule has 4 N–H and O–H groups in total. The van der Waals surface area contributed by atoms with Gasteiger partial charge < -0.3 is 20.7 Å². The lowest BCUT2D eigenvalue weighted by Gasteiger charge is -2.39. The van der Waals surface area contributed by atoms with Crippen LogP contribution in [0.5, 0.6) is 0 Å². The van der Waals surface area contributed by atoms with E-state index in [1.54, 1.807) is 24.9 Å². The molecule has 3 atom stereocenters. The number of fused-ring (bicyclic) bond motifs is 3. The highest BCUT2D eigenvalue weighted by molar-refractivity contribution is 6.00. The topological polar surface area (TPSA) is 155 Å². The Hall–Kier alpha value is -4.12. The molecule has 36 heavy (non-hydrogen) atoms. The number of aliphatic hydroxyl groups excluding tert-OH is 1. The van der Waals surface area contributed by atoms with Crippen LogP contribution in [0.2, 0.25) is 0 Å². The van der Waals surface area contributed by atoms with Gasteiger partial charge in [0.15, 0.2) is 11.4 Å². The Kier molecular flexibility index (Phi) is 5.29. The maximum atomic E-state index is 12.7. The number of imidazole rings is 1. The molecule has 2 fully saturated rings. The number of hydrogen-bond acceptors (Lipinski definition) is 8. The molecule has 4 aromatic heterocycles. The zero-order valence-corrected chi connectivity index (χ0v) is 19.8. The van der Waals surface area contributed by atoms with Gasteiger partial charge in [0.1, 0.15) is 12.4 Å². The van der Waals surface area contributed by atoms with E-state index in [-0.39, 0.29) is 35.5 Å². The van der Waals surface area contributed by atoms with Crippen LogP contribution in [0.3, 0.4) is 0 Å². The summed E-state index contributed by atoms with van der Waals surface area (Å²) in [7, 11) is 0. The summed E-state index contributed by atoms with van der Waals surface area (Å²) in [4.78, 5) is 43.5. The summed E-state index contributed by atoms with van der Waals surface area (Å²) in [6, 6.07) is 3.88. The molecule has 0 spiro atoms. The van der Waals surface area contributed by atoms with Gasteiger partial charge >= 0.3 is 0 Å². The van der Waals surface area contributed by atoms with Crippen molar-refractivity contribution in [1.82, 2.24) is 34.4 Å². The highest BCUT2D eigenvalue weighted by Gasteiger charge is 2.44. The van der Waals surface area contributed by atoms with Crippen molar-refractivity contribution in [1.29, 1.82) is 0 Å². The standard InChI is InChI=1S/C25H26N8O3/c1-13(35)22-23(15-6-16-3-4-17(7-15)32(16)21(36)11-34)31-25-18(9-30-33(25)24(22)26)14-2-5-19(28-8-14)20-10-27-12-29-20/h2,5,8-10,12,15-17,34H,3-4,6-7,11,26H2,1H3,(H,27,29)/t15?,16-,17?/m0/s1. The number of nitrogens with one attached hydrogen (secondary N) is 1. The van der Waals surface area contributed by atoms with E-state index in [2.05, 4.69) is 20.1 Å².